The van der Waals surface area contributed by atoms with E-state index >= 15 is 0 Å². The molecule has 0 aliphatic carbocycles. The molecule has 1 saturated heterocycles. The fraction of sp³-hybridized carbons (Fsp3) is 0.909. The second-order valence-electron chi connectivity index (χ2n) is 4.21. The molecule has 0 atom stereocenters. The zero-order valence-corrected chi connectivity index (χ0v) is 10.3. The summed E-state index contributed by atoms with van der Waals surface area (Å²) in [7, 11) is 0. The Labute approximate surface area is 104 Å². The van der Waals surface area contributed by atoms with Gasteiger partial charge in [0.1, 0.15) is 0 Å². The van der Waals surface area contributed by atoms with E-state index in [-0.39, 0.29) is 18.9 Å². The van der Waals surface area contributed by atoms with Crippen molar-refractivity contribution in [3.63, 3.8) is 0 Å². The van der Waals surface area contributed by atoms with Gasteiger partial charge in [0, 0.05) is 32.5 Å². The number of ether oxygens (including phenoxy) is 1. The summed E-state index contributed by atoms with van der Waals surface area (Å²) in [6.07, 6.45) is -4.50. The van der Waals surface area contributed by atoms with Crippen LogP contribution < -0.4 is 5.32 Å². The fourth-order valence-corrected chi connectivity index (χ4v) is 1.71. The molecule has 7 heteroatoms. The first-order valence-electron chi connectivity index (χ1n) is 6.12. The molecular formula is C11H19F3N2O2. The Morgan fingerprint density at radius 1 is 1.22 bits per heavy atom. The van der Waals surface area contributed by atoms with Crippen LogP contribution in [0.2, 0.25) is 0 Å². The van der Waals surface area contributed by atoms with E-state index in [9.17, 15) is 18.0 Å². The van der Waals surface area contributed by atoms with Gasteiger partial charge in [0.2, 0.25) is 5.91 Å². The van der Waals surface area contributed by atoms with Crippen molar-refractivity contribution in [2.75, 3.05) is 39.4 Å². The van der Waals surface area contributed by atoms with Crippen molar-refractivity contribution in [2.45, 2.75) is 25.4 Å². The van der Waals surface area contributed by atoms with Crippen LogP contribution >= 0.6 is 0 Å². The van der Waals surface area contributed by atoms with Crippen molar-refractivity contribution in [1.82, 2.24) is 10.2 Å². The van der Waals surface area contributed by atoms with Gasteiger partial charge in [0.25, 0.3) is 0 Å². The maximum atomic E-state index is 11.8. The Morgan fingerprint density at radius 2 is 1.89 bits per heavy atom. The van der Waals surface area contributed by atoms with Crippen LogP contribution in [0.15, 0.2) is 0 Å². The number of halogens is 3. The van der Waals surface area contributed by atoms with Crippen LogP contribution in [-0.4, -0.2) is 56.4 Å². The van der Waals surface area contributed by atoms with Gasteiger partial charge in [-0.05, 0) is 13.0 Å². The van der Waals surface area contributed by atoms with Crippen molar-refractivity contribution in [3.05, 3.63) is 0 Å². The first kappa shape index (κ1) is 15.2. The summed E-state index contributed by atoms with van der Waals surface area (Å²) in [5.74, 6) is 0.0293. The zero-order chi connectivity index (χ0) is 13.4. The molecule has 18 heavy (non-hydrogen) atoms. The first-order valence-corrected chi connectivity index (χ1v) is 6.12. The summed E-state index contributed by atoms with van der Waals surface area (Å²) < 4.78 is 40.6. The van der Waals surface area contributed by atoms with Crippen LogP contribution in [0, 0.1) is 0 Å². The number of hydrogen-bond donors (Lipinski definition) is 1. The van der Waals surface area contributed by atoms with Gasteiger partial charge in [-0.1, -0.05) is 0 Å². The number of morpholine rings is 1. The second kappa shape index (κ2) is 7.58. The third kappa shape index (κ3) is 6.80. The lowest BCUT2D eigenvalue weighted by Crippen LogP contribution is -2.41. The first-order chi connectivity index (χ1) is 8.49. The van der Waals surface area contributed by atoms with Crippen LogP contribution in [-0.2, 0) is 9.53 Å². The van der Waals surface area contributed by atoms with Gasteiger partial charge < -0.3 is 15.0 Å². The molecule has 0 unspecified atom stereocenters. The molecule has 0 saturated carbocycles. The number of alkyl halides is 3. The molecule has 1 rings (SSSR count). The van der Waals surface area contributed by atoms with E-state index in [4.69, 9.17) is 4.74 Å². The highest BCUT2D eigenvalue weighted by Crippen LogP contribution is 2.20. The molecular weight excluding hydrogens is 249 g/mol. The molecule has 1 heterocycles. The number of amides is 1. The molecule has 0 bridgehead atoms. The molecule has 1 aliphatic heterocycles. The molecule has 1 aliphatic rings. The molecule has 4 nitrogen and oxygen atoms in total. The van der Waals surface area contributed by atoms with E-state index < -0.39 is 12.6 Å². The highest BCUT2D eigenvalue weighted by Gasteiger charge is 2.25. The highest BCUT2D eigenvalue weighted by molar-refractivity contribution is 5.76. The minimum absolute atomic E-state index is 0.0293. The highest BCUT2D eigenvalue weighted by atomic mass is 19.4. The van der Waals surface area contributed by atoms with Crippen LogP contribution in [0.3, 0.4) is 0 Å². The summed E-state index contributed by atoms with van der Waals surface area (Å²) in [4.78, 5) is 13.4. The molecule has 1 amide bonds. The monoisotopic (exact) mass is 268 g/mol. The Hall–Kier alpha value is -0.820. The molecule has 1 N–H and O–H groups in total. The Balaban J connectivity index is 1.98. The van der Waals surface area contributed by atoms with Gasteiger partial charge in [-0.15, -0.1) is 0 Å². The summed E-state index contributed by atoms with van der Waals surface area (Å²) in [6, 6.07) is 0. The van der Waals surface area contributed by atoms with Crippen molar-refractivity contribution >= 4 is 5.91 Å². The maximum Gasteiger partial charge on any atom is 0.389 e. The summed E-state index contributed by atoms with van der Waals surface area (Å²) >= 11 is 0. The van der Waals surface area contributed by atoms with Crippen molar-refractivity contribution in [1.29, 1.82) is 0 Å². The normalized spacial score (nSPS) is 16.9. The number of carbonyl (C=O) groups is 1. The largest absolute Gasteiger partial charge is 0.389 e. The van der Waals surface area contributed by atoms with Crippen LogP contribution in [0.1, 0.15) is 19.3 Å². The summed E-state index contributed by atoms with van der Waals surface area (Å²) in [6.45, 7) is 3.04. The Bertz CT molecular complexity index is 253. The van der Waals surface area contributed by atoms with E-state index in [1.807, 2.05) is 0 Å². The van der Waals surface area contributed by atoms with Crippen molar-refractivity contribution in [2.24, 2.45) is 0 Å². The third-order valence-electron chi connectivity index (χ3n) is 2.69. The van der Waals surface area contributed by atoms with E-state index in [1.54, 1.807) is 4.90 Å². The topological polar surface area (TPSA) is 41.6 Å². The van der Waals surface area contributed by atoms with Crippen molar-refractivity contribution in [3.8, 4) is 0 Å². The molecule has 0 aromatic carbocycles. The van der Waals surface area contributed by atoms with Crippen LogP contribution in [0.4, 0.5) is 13.2 Å². The van der Waals surface area contributed by atoms with Gasteiger partial charge in [0.05, 0.1) is 13.2 Å². The maximum absolute atomic E-state index is 11.8. The summed E-state index contributed by atoms with van der Waals surface area (Å²) in [5, 5.41) is 2.85. The molecule has 0 spiro atoms. The quantitative estimate of drug-likeness (QED) is 0.735. The van der Waals surface area contributed by atoms with Crippen LogP contribution in [0.5, 0.6) is 0 Å². The Kier molecular flexibility index (Phi) is 6.42. The fourth-order valence-electron chi connectivity index (χ4n) is 1.71. The predicted molar refractivity (Wildman–Crippen MR) is 60.2 cm³/mol. The van der Waals surface area contributed by atoms with Gasteiger partial charge in [0.15, 0.2) is 0 Å². The molecule has 0 radical (unpaired) electrons. The smallest absolute Gasteiger partial charge is 0.378 e. The second-order valence-corrected chi connectivity index (χ2v) is 4.21. The van der Waals surface area contributed by atoms with E-state index in [2.05, 4.69) is 5.32 Å². The minimum Gasteiger partial charge on any atom is -0.378 e. The minimum atomic E-state index is -4.09. The number of rotatable bonds is 6. The Morgan fingerprint density at radius 3 is 2.50 bits per heavy atom. The third-order valence-corrected chi connectivity index (χ3v) is 2.69. The van der Waals surface area contributed by atoms with E-state index in [0.29, 0.717) is 39.3 Å². The molecule has 1 fully saturated rings. The van der Waals surface area contributed by atoms with Gasteiger partial charge >= 0.3 is 6.18 Å². The average molecular weight is 268 g/mol. The van der Waals surface area contributed by atoms with E-state index in [0.717, 1.165) is 0 Å². The average Bonchev–Trinajstić information content (AvgIpc) is 2.33. The van der Waals surface area contributed by atoms with Gasteiger partial charge in [-0.25, -0.2) is 0 Å². The number of nitrogens with zero attached hydrogens (tertiary/aromatic N) is 1. The number of nitrogens with one attached hydrogen (secondary N) is 1. The van der Waals surface area contributed by atoms with Crippen LogP contribution in [0.25, 0.3) is 0 Å². The zero-order valence-electron chi connectivity index (χ0n) is 10.3. The lowest BCUT2D eigenvalue weighted by atomic mass is 10.3. The van der Waals surface area contributed by atoms with E-state index in [1.165, 1.54) is 0 Å². The van der Waals surface area contributed by atoms with Gasteiger partial charge in [-0.3, -0.25) is 4.79 Å². The lowest BCUT2D eigenvalue weighted by molar-refractivity contribution is -0.136. The standard InChI is InChI=1S/C11H19F3N2O2/c12-11(13,14)3-1-4-15-5-2-10(17)16-6-8-18-9-7-16/h15H,1-9H2. The number of hydrogen-bond acceptors (Lipinski definition) is 3. The molecule has 106 valence electrons. The molecule has 0 aromatic heterocycles. The number of carbonyl (C=O) groups excluding carboxylic acids is 1. The van der Waals surface area contributed by atoms with Gasteiger partial charge in [-0.2, -0.15) is 13.2 Å². The van der Waals surface area contributed by atoms with Crippen molar-refractivity contribution < 1.29 is 22.7 Å². The molecule has 0 aromatic rings. The summed E-state index contributed by atoms with van der Waals surface area (Å²) in [5.41, 5.74) is 0. The lowest BCUT2D eigenvalue weighted by Gasteiger charge is -2.26. The SMILES string of the molecule is O=C(CCNCCCC(F)(F)F)N1CCOCC1. The predicted octanol–water partition coefficient (Wildman–Crippen LogP) is 1.17.